The maximum atomic E-state index is 5.97. The quantitative estimate of drug-likeness (QED) is 0.822. The van der Waals surface area contributed by atoms with E-state index >= 15 is 0 Å². The van der Waals surface area contributed by atoms with Crippen LogP contribution in [-0.2, 0) is 6.61 Å². The van der Waals surface area contributed by atoms with Crippen molar-refractivity contribution in [1.82, 2.24) is 11.1 Å². The van der Waals surface area contributed by atoms with E-state index in [1.165, 1.54) is 0 Å². The lowest BCUT2D eigenvalue weighted by Crippen LogP contribution is -1.98. The van der Waals surface area contributed by atoms with E-state index in [4.69, 9.17) is 22.1 Å². The molecule has 0 spiro atoms. The standard InChI is InChI=1S/C12H11ClN2O.H3N/c13-11-7-9(14)4-5-12(11)16-8-10-3-1-2-6-15-10;/h1-7H,8,14H2;1H3. The van der Waals surface area contributed by atoms with Crippen LogP contribution < -0.4 is 16.6 Å². The van der Waals surface area contributed by atoms with E-state index in [1.54, 1.807) is 24.4 Å². The van der Waals surface area contributed by atoms with E-state index < -0.39 is 0 Å². The second-order valence-electron chi connectivity index (χ2n) is 3.30. The van der Waals surface area contributed by atoms with E-state index in [2.05, 4.69) is 4.98 Å². The van der Waals surface area contributed by atoms with E-state index in [-0.39, 0.29) is 6.15 Å². The number of hydrogen-bond donors (Lipinski definition) is 2. The van der Waals surface area contributed by atoms with Crippen LogP contribution in [0.4, 0.5) is 5.69 Å². The molecule has 0 bridgehead atoms. The summed E-state index contributed by atoms with van der Waals surface area (Å²) in [6, 6.07) is 10.8. The van der Waals surface area contributed by atoms with Gasteiger partial charge in [0, 0.05) is 11.9 Å². The first-order chi connectivity index (χ1) is 7.75. The minimum absolute atomic E-state index is 0. The lowest BCUT2D eigenvalue weighted by molar-refractivity contribution is 0.301. The number of hydrogen-bond acceptors (Lipinski definition) is 4. The Kier molecular flexibility index (Phi) is 4.75. The number of halogens is 1. The Labute approximate surface area is 105 Å². The SMILES string of the molecule is N.Nc1ccc(OCc2ccccn2)c(Cl)c1. The van der Waals surface area contributed by atoms with Gasteiger partial charge in [-0.15, -0.1) is 0 Å². The van der Waals surface area contributed by atoms with Gasteiger partial charge in [-0.3, -0.25) is 4.98 Å². The molecule has 2 rings (SSSR count). The number of anilines is 1. The van der Waals surface area contributed by atoms with Gasteiger partial charge in [-0.2, -0.15) is 0 Å². The Bertz CT molecular complexity index is 476. The highest BCUT2D eigenvalue weighted by Crippen LogP contribution is 2.26. The number of benzene rings is 1. The van der Waals surface area contributed by atoms with Crippen LogP contribution in [-0.4, -0.2) is 4.98 Å². The van der Waals surface area contributed by atoms with Gasteiger partial charge in [-0.25, -0.2) is 0 Å². The van der Waals surface area contributed by atoms with Crippen LogP contribution in [0, 0.1) is 0 Å². The molecule has 1 heterocycles. The van der Waals surface area contributed by atoms with Gasteiger partial charge in [0.1, 0.15) is 12.4 Å². The van der Waals surface area contributed by atoms with Crippen molar-refractivity contribution in [2.45, 2.75) is 6.61 Å². The lowest BCUT2D eigenvalue weighted by Gasteiger charge is -2.07. The largest absolute Gasteiger partial charge is 0.486 e. The van der Waals surface area contributed by atoms with Crippen molar-refractivity contribution in [3.63, 3.8) is 0 Å². The molecule has 0 saturated heterocycles. The molecule has 90 valence electrons. The Morgan fingerprint density at radius 2 is 2.06 bits per heavy atom. The topological polar surface area (TPSA) is 83.1 Å². The first kappa shape index (κ1) is 13.3. The lowest BCUT2D eigenvalue weighted by atomic mass is 10.3. The molecule has 0 aliphatic carbocycles. The first-order valence-corrected chi connectivity index (χ1v) is 5.21. The molecule has 5 heteroatoms. The highest BCUT2D eigenvalue weighted by atomic mass is 35.5. The number of nitrogens with zero attached hydrogens (tertiary/aromatic N) is 1. The summed E-state index contributed by atoms with van der Waals surface area (Å²) >= 11 is 5.97. The van der Waals surface area contributed by atoms with Crippen LogP contribution in [0.2, 0.25) is 5.02 Å². The molecule has 5 N–H and O–H groups in total. The fourth-order valence-electron chi connectivity index (χ4n) is 1.27. The maximum absolute atomic E-state index is 5.97. The summed E-state index contributed by atoms with van der Waals surface area (Å²) in [4.78, 5) is 4.15. The molecule has 1 aromatic carbocycles. The van der Waals surface area contributed by atoms with E-state index in [0.29, 0.717) is 23.1 Å². The van der Waals surface area contributed by atoms with Crippen LogP contribution in [0.1, 0.15) is 5.69 Å². The van der Waals surface area contributed by atoms with Crippen molar-refractivity contribution >= 4 is 17.3 Å². The molecule has 0 amide bonds. The first-order valence-electron chi connectivity index (χ1n) is 4.83. The zero-order valence-corrected chi connectivity index (χ0v) is 10.0. The van der Waals surface area contributed by atoms with Gasteiger partial charge in [0.05, 0.1) is 10.7 Å². The normalized spacial score (nSPS) is 9.47. The van der Waals surface area contributed by atoms with Gasteiger partial charge in [0.15, 0.2) is 0 Å². The highest BCUT2D eigenvalue weighted by molar-refractivity contribution is 6.32. The number of rotatable bonds is 3. The second-order valence-corrected chi connectivity index (χ2v) is 3.71. The molecule has 0 fully saturated rings. The average molecular weight is 252 g/mol. The van der Waals surface area contributed by atoms with Gasteiger partial charge >= 0.3 is 0 Å². The van der Waals surface area contributed by atoms with Crippen LogP contribution >= 0.6 is 11.6 Å². The summed E-state index contributed by atoms with van der Waals surface area (Å²) in [7, 11) is 0. The minimum atomic E-state index is 0. The van der Waals surface area contributed by atoms with E-state index in [9.17, 15) is 0 Å². The summed E-state index contributed by atoms with van der Waals surface area (Å²) in [5, 5.41) is 0.510. The third kappa shape index (κ3) is 3.62. The molecule has 0 aliphatic rings. The molecule has 1 aromatic heterocycles. The zero-order valence-electron chi connectivity index (χ0n) is 9.27. The molecule has 0 aliphatic heterocycles. The van der Waals surface area contributed by atoms with Crippen LogP contribution in [0.15, 0.2) is 42.6 Å². The van der Waals surface area contributed by atoms with E-state index in [0.717, 1.165) is 5.69 Å². The average Bonchev–Trinajstić information content (AvgIpc) is 2.29. The Hall–Kier alpha value is -1.78. The zero-order chi connectivity index (χ0) is 11.4. The van der Waals surface area contributed by atoms with Crippen molar-refractivity contribution in [3.05, 3.63) is 53.3 Å². The molecular formula is C12H14ClN3O. The molecule has 0 unspecified atom stereocenters. The van der Waals surface area contributed by atoms with Crippen LogP contribution in [0.25, 0.3) is 0 Å². The third-order valence-corrected chi connectivity index (χ3v) is 2.35. The molecule has 4 nitrogen and oxygen atoms in total. The van der Waals surface area contributed by atoms with Crippen LogP contribution in [0.3, 0.4) is 0 Å². The fraction of sp³-hybridized carbons (Fsp3) is 0.0833. The predicted octanol–water partition coefficient (Wildman–Crippen LogP) is 3.06. The summed E-state index contributed by atoms with van der Waals surface area (Å²) in [6.07, 6.45) is 1.73. The maximum Gasteiger partial charge on any atom is 0.138 e. The van der Waals surface area contributed by atoms with Crippen molar-refractivity contribution < 1.29 is 4.74 Å². The smallest absolute Gasteiger partial charge is 0.138 e. The summed E-state index contributed by atoms with van der Waals surface area (Å²) in [6.45, 7) is 0.393. The van der Waals surface area contributed by atoms with Gasteiger partial charge in [-0.1, -0.05) is 17.7 Å². The number of aromatic nitrogens is 1. The van der Waals surface area contributed by atoms with Gasteiger partial charge in [0.2, 0.25) is 0 Å². The minimum Gasteiger partial charge on any atom is -0.486 e. The third-order valence-electron chi connectivity index (χ3n) is 2.06. The number of pyridine rings is 1. The van der Waals surface area contributed by atoms with Crippen LogP contribution in [0.5, 0.6) is 5.75 Å². The molecule has 17 heavy (non-hydrogen) atoms. The predicted molar refractivity (Wildman–Crippen MR) is 69.5 cm³/mol. The molecule has 0 saturated carbocycles. The van der Waals surface area contributed by atoms with Crippen molar-refractivity contribution in [3.8, 4) is 5.75 Å². The van der Waals surface area contributed by atoms with Gasteiger partial charge in [-0.05, 0) is 30.3 Å². The van der Waals surface area contributed by atoms with Crippen molar-refractivity contribution in [1.29, 1.82) is 0 Å². The monoisotopic (exact) mass is 251 g/mol. The summed E-state index contributed by atoms with van der Waals surface area (Å²) in [5.74, 6) is 0.613. The Morgan fingerprint density at radius 3 is 2.71 bits per heavy atom. The Balaban J connectivity index is 0.00000144. The van der Waals surface area contributed by atoms with Gasteiger partial charge < -0.3 is 16.6 Å². The van der Waals surface area contributed by atoms with Crippen molar-refractivity contribution in [2.24, 2.45) is 0 Å². The van der Waals surface area contributed by atoms with E-state index in [1.807, 2.05) is 18.2 Å². The Morgan fingerprint density at radius 1 is 1.24 bits per heavy atom. The van der Waals surface area contributed by atoms with Gasteiger partial charge in [0.25, 0.3) is 0 Å². The number of nitrogens with two attached hydrogens (primary N) is 1. The highest BCUT2D eigenvalue weighted by Gasteiger charge is 2.02. The van der Waals surface area contributed by atoms with Crippen molar-refractivity contribution in [2.75, 3.05) is 5.73 Å². The molecular weight excluding hydrogens is 238 g/mol. The fourth-order valence-corrected chi connectivity index (χ4v) is 1.51. The number of ether oxygens (including phenoxy) is 1. The number of nitrogen functional groups attached to an aromatic ring is 1. The molecule has 2 aromatic rings. The molecule has 0 radical (unpaired) electrons. The summed E-state index contributed by atoms with van der Waals surface area (Å²) < 4.78 is 5.53. The molecule has 0 atom stereocenters. The second kappa shape index (κ2) is 6.08. The summed E-state index contributed by atoms with van der Waals surface area (Å²) in [5.41, 5.74) is 7.06.